The van der Waals surface area contributed by atoms with Crippen molar-refractivity contribution in [1.29, 1.82) is 0 Å². The normalized spacial score (nSPS) is 22.5. The van der Waals surface area contributed by atoms with Gasteiger partial charge in [0.15, 0.2) is 0 Å². The number of methoxy groups -OCH3 is 1. The zero-order valence-corrected chi connectivity index (χ0v) is 19.5. The lowest BCUT2D eigenvalue weighted by Crippen LogP contribution is -2.44. The van der Waals surface area contributed by atoms with Crippen molar-refractivity contribution in [2.45, 2.75) is 39.0 Å². The second-order valence-corrected chi connectivity index (χ2v) is 8.98. The third kappa shape index (κ3) is 5.61. The number of carbonyl (C=O) groups excluding carboxylic acids is 1. The van der Waals surface area contributed by atoms with Crippen LogP contribution in [0.2, 0.25) is 0 Å². The number of hydrogen-bond acceptors (Lipinski definition) is 5. The van der Waals surface area contributed by atoms with E-state index in [2.05, 4.69) is 47.9 Å². The Kier molecular flexibility index (Phi) is 7.33. The first-order chi connectivity index (χ1) is 15.5. The molecule has 0 aromatic heterocycles. The van der Waals surface area contributed by atoms with E-state index in [0.717, 1.165) is 63.5 Å². The fourth-order valence-electron chi connectivity index (χ4n) is 4.78. The topological polar surface area (TPSA) is 45.2 Å². The molecule has 0 bridgehead atoms. The van der Waals surface area contributed by atoms with E-state index in [9.17, 15) is 4.79 Å². The summed E-state index contributed by atoms with van der Waals surface area (Å²) in [5.41, 5.74) is 3.19. The fraction of sp³-hybridized carbons (Fsp3) is 0.500. The maximum absolute atomic E-state index is 13.1. The van der Waals surface area contributed by atoms with Crippen LogP contribution in [0.25, 0.3) is 0 Å². The third-order valence-electron chi connectivity index (χ3n) is 6.32. The lowest BCUT2D eigenvalue weighted by molar-refractivity contribution is -0.0704. The van der Waals surface area contributed by atoms with Gasteiger partial charge >= 0.3 is 0 Å². The van der Waals surface area contributed by atoms with Gasteiger partial charge in [-0.2, -0.15) is 0 Å². The molecule has 2 aromatic rings. The summed E-state index contributed by atoms with van der Waals surface area (Å²) >= 11 is 0. The summed E-state index contributed by atoms with van der Waals surface area (Å²) in [6.45, 7) is 10.4. The Morgan fingerprint density at radius 1 is 0.938 bits per heavy atom. The predicted octanol–water partition coefficient (Wildman–Crippen LogP) is 3.66. The van der Waals surface area contributed by atoms with Crippen LogP contribution >= 0.6 is 0 Å². The molecule has 2 aliphatic rings. The second kappa shape index (κ2) is 10.4. The summed E-state index contributed by atoms with van der Waals surface area (Å²) in [5.74, 6) is 0.989. The van der Waals surface area contributed by atoms with Gasteiger partial charge in [-0.1, -0.05) is 12.1 Å². The van der Waals surface area contributed by atoms with Gasteiger partial charge in [-0.25, -0.2) is 0 Å². The molecule has 2 atom stereocenters. The number of anilines is 1. The molecule has 0 N–H and O–H groups in total. The van der Waals surface area contributed by atoms with E-state index in [0.29, 0.717) is 0 Å². The van der Waals surface area contributed by atoms with E-state index in [1.807, 2.05) is 29.2 Å². The largest absolute Gasteiger partial charge is 0.497 e. The molecule has 0 radical (unpaired) electrons. The van der Waals surface area contributed by atoms with Gasteiger partial charge in [0.25, 0.3) is 5.91 Å². The monoisotopic (exact) mass is 437 g/mol. The Balaban J connectivity index is 1.33. The zero-order chi connectivity index (χ0) is 22.5. The Labute approximate surface area is 191 Å². The minimum absolute atomic E-state index is 0.127. The zero-order valence-electron chi connectivity index (χ0n) is 19.5. The molecule has 2 saturated heterocycles. The van der Waals surface area contributed by atoms with Crippen LogP contribution in [0, 0.1) is 0 Å². The van der Waals surface area contributed by atoms with Crippen LogP contribution in [0.1, 0.15) is 36.2 Å². The molecule has 2 unspecified atom stereocenters. The molecule has 1 amide bonds. The summed E-state index contributed by atoms with van der Waals surface area (Å²) in [4.78, 5) is 19.9. The minimum atomic E-state index is 0.127. The van der Waals surface area contributed by atoms with E-state index in [-0.39, 0.29) is 18.1 Å². The summed E-state index contributed by atoms with van der Waals surface area (Å²) in [6, 6.07) is 16.3. The number of benzene rings is 2. The van der Waals surface area contributed by atoms with Crippen LogP contribution in [-0.4, -0.2) is 74.3 Å². The smallest absolute Gasteiger partial charge is 0.253 e. The lowest BCUT2D eigenvalue weighted by Gasteiger charge is -2.35. The molecule has 0 aliphatic carbocycles. The Morgan fingerprint density at radius 2 is 1.62 bits per heavy atom. The van der Waals surface area contributed by atoms with E-state index in [1.54, 1.807) is 7.11 Å². The number of rotatable bonds is 5. The van der Waals surface area contributed by atoms with Crippen molar-refractivity contribution in [1.82, 2.24) is 9.80 Å². The standard InChI is InChI=1S/C26H35N3O3/c1-20-17-27(18-21(2)32-20)19-22-5-7-23(8-6-22)26(30)29-14-4-13-28(15-16-29)24-9-11-25(31-3)12-10-24/h5-12,20-21H,4,13-19H2,1-3H3. The predicted molar refractivity (Wildman–Crippen MR) is 127 cm³/mol. The van der Waals surface area contributed by atoms with Crippen LogP contribution in [0.15, 0.2) is 48.5 Å². The maximum atomic E-state index is 13.1. The number of nitrogens with zero attached hydrogens (tertiary/aromatic N) is 3. The molecule has 4 rings (SSSR count). The van der Waals surface area contributed by atoms with Gasteiger partial charge in [0.1, 0.15) is 5.75 Å². The Hall–Kier alpha value is -2.57. The first kappa shape index (κ1) is 22.6. The van der Waals surface area contributed by atoms with Crippen molar-refractivity contribution >= 4 is 11.6 Å². The van der Waals surface area contributed by atoms with Crippen LogP contribution in [0.5, 0.6) is 5.75 Å². The number of carbonyl (C=O) groups is 1. The van der Waals surface area contributed by atoms with E-state index in [1.165, 1.54) is 11.3 Å². The van der Waals surface area contributed by atoms with Crippen LogP contribution in [-0.2, 0) is 11.3 Å². The van der Waals surface area contributed by atoms with Gasteiger partial charge in [-0.3, -0.25) is 9.69 Å². The average molecular weight is 438 g/mol. The van der Waals surface area contributed by atoms with Gasteiger partial charge in [0.2, 0.25) is 0 Å². The molecule has 32 heavy (non-hydrogen) atoms. The number of morpholine rings is 1. The number of hydrogen-bond donors (Lipinski definition) is 0. The van der Waals surface area contributed by atoms with Gasteiger partial charge in [0.05, 0.1) is 19.3 Å². The molecule has 0 saturated carbocycles. The summed E-state index contributed by atoms with van der Waals surface area (Å²) in [7, 11) is 1.68. The highest BCUT2D eigenvalue weighted by atomic mass is 16.5. The third-order valence-corrected chi connectivity index (χ3v) is 6.32. The van der Waals surface area contributed by atoms with E-state index < -0.39 is 0 Å². The van der Waals surface area contributed by atoms with Gasteiger partial charge in [-0.05, 0) is 62.2 Å². The molecule has 2 fully saturated rings. The molecule has 2 heterocycles. The molecule has 2 aliphatic heterocycles. The first-order valence-corrected chi connectivity index (χ1v) is 11.7. The van der Waals surface area contributed by atoms with Crippen LogP contribution in [0.3, 0.4) is 0 Å². The summed E-state index contributed by atoms with van der Waals surface area (Å²) < 4.78 is 11.1. The van der Waals surface area contributed by atoms with Crippen LogP contribution < -0.4 is 9.64 Å². The van der Waals surface area contributed by atoms with Gasteiger partial charge in [-0.15, -0.1) is 0 Å². The number of amides is 1. The number of ether oxygens (including phenoxy) is 2. The minimum Gasteiger partial charge on any atom is -0.497 e. The Morgan fingerprint density at radius 3 is 2.28 bits per heavy atom. The molecule has 6 nitrogen and oxygen atoms in total. The average Bonchev–Trinajstić information content (AvgIpc) is 3.05. The van der Waals surface area contributed by atoms with Crippen molar-refractivity contribution in [3.05, 3.63) is 59.7 Å². The quantitative estimate of drug-likeness (QED) is 0.714. The van der Waals surface area contributed by atoms with E-state index in [4.69, 9.17) is 9.47 Å². The summed E-state index contributed by atoms with van der Waals surface area (Å²) in [5, 5.41) is 0. The molecule has 172 valence electrons. The molecule has 0 spiro atoms. The van der Waals surface area contributed by atoms with Crippen molar-refractivity contribution in [2.75, 3.05) is 51.3 Å². The highest BCUT2D eigenvalue weighted by Crippen LogP contribution is 2.21. The second-order valence-electron chi connectivity index (χ2n) is 8.98. The fourth-order valence-corrected chi connectivity index (χ4v) is 4.78. The Bertz CT molecular complexity index is 874. The highest BCUT2D eigenvalue weighted by Gasteiger charge is 2.23. The SMILES string of the molecule is COc1ccc(N2CCCN(C(=O)c3ccc(CN4CC(C)OC(C)C4)cc3)CC2)cc1. The van der Waals surface area contributed by atoms with Crippen LogP contribution in [0.4, 0.5) is 5.69 Å². The van der Waals surface area contributed by atoms with E-state index >= 15 is 0 Å². The molecule has 6 heteroatoms. The van der Waals surface area contributed by atoms with Crippen molar-refractivity contribution < 1.29 is 14.3 Å². The lowest BCUT2D eigenvalue weighted by atomic mass is 10.1. The maximum Gasteiger partial charge on any atom is 0.253 e. The van der Waals surface area contributed by atoms with Crippen molar-refractivity contribution in [2.24, 2.45) is 0 Å². The molecular weight excluding hydrogens is 402 g/mol. The van der Waals surface area contributed by atoms with Gasteiger partial charge < -0.3 is 19.3 Å². The highest BCUT2D eigenvalue weighted by molar-refractivity contribution is 5.94. The van der Waals surface area contributed by atoms with Crippen molar-refractivity contribution in [3.8, 4) is 5.75 Å². The molecule has 2 aromatic carbocycles. The van der Waals surface area contributed by atoms with Gasteiger partial charge in [0, 0.05) is 57.1 Å². The molecular formula is C26H35N3O3. The van der Waals surface area contributed by atoms with Crippen molar-refractivity contribution in [3.63, 3.8) is 0 Å². The first-order valence-electron chi connectivity index (χ1n) is 11.7. The summed E-state index contributed by atoms with van der Waals surface area (Å²) in [6.07, 6.45) is 1.49.